The fraction of sp³-hybridized carbons (Fsp3) is 0.909. The van der Waals surface area contributed by atoms with Crippen LogP contribution in [0.15, 0.2) is 10.2 Å². The summed E-state index contributed by atoms with van der Waals surface area (Å²) in [6.07, 6.45) is 0.768. The SMILES string of the molecule is CCOC(=O)OC(C)(CC)N=NC(C)CC. The predicted molar refractivity (Wildman–Crippen MR) is 61.4 cm³/mol. The van der Waals surface area contributed by atoms with Crippen LogP contribution in [-0.2, 0) is 9.47 Å². The molecule has 0 rings (SSSR count). The fourth-order valence-electron chi connectivity index (χ4n) is 0.792. The summed E-state index contributed by atoms with van der Waals surface area (Å²) in [4.78, 5) is 11.2. The number of rotatable bonds is 6. The topological polar surface area (TPSA) is 60.2 Å². The largest absolute Gasteiger partial charge is 0.510 e. The van der Waals surface area contributed by atoms with Crippen molar-refractivity contribution >= 4 is 6.16 Å². The van der Waals surface area contributed by atoms with Gasteiger partial charge < -0.3 is 9.47 Å². The Kier molecular flexibility index (Phi) is 6.69. The van der Waals surface area contributed by atoms with Gasteiger partial charge in [0.05, 0.1) is 12.6 Å². The number of nitrogens with zero attached hydrogens (tertiary/aromatic N) is 2. The molecule has 0 aromatic carbocycles. The van der Waals surface area contributed by atoms with Crippen LogP contribution in [0.4, 0.5) is 4.79 Å². The summed E-state index contributed by atoms with van der Waals surface area (Å²) >= 11 is 0. The molecule has 0 spiro atoms. The molecule has 0 heterocycles. The van der Waals surface area contributed by atoms with Crippen molar-refractivity contribution in [2.75, 3.05) is 6.61 Å². The zero-order chi connectivity index (χ0) is 12.6. The van der Waals surface area contributed by atoms with E-state index < -0.39 is 11.9 Å². The third kappa shape index (κ3) is 5.68. The number of carbonyl (C=O) groups excluding carboxylic acids is 1. The Morgan fingerprint density at radius 2 is 2.00 bits per heavy atom. The van der Waals surface area contributed by atoms with Crippen molar-refractivity contribution in [2.45, 2.75) is 59.2 Å². The first-order chi connectivity index (χ1) is 7.47. The van der Waals surface area contributed by atoms with Crippen LogP contribution in [0.1, 0.15) is 47.5 Å². The molecule has 0 aliphatic heterocycles. The highest BCUT2D eigenvalue weighted by Crippen LogP contribution is 2.19. The van der Waals surface area contributed by atoms with Crippen LogP contribution in [0.25, 0.3) is 0 Å². The van der Waals surface area contributed by atoms with Crippen LogP contribution in [-0.4, -0.2) is 24.5 Å². The zero-order valence-corrected chi connectivity index (χ0v) is 10.8. The van der Waals surface area contributed by atoms with E-state index in [0.29, 0.717) is 13.0 Å². The lowest BCUT2D eigenvalue weighted by atomic mass is 10.2. The Morgan fingerprint density at radius 1 is 1.38 bits per heavy atom. The Hall–Kier alpha value is -1.13. The summed E-state index contributed by atoms with van der Waals surface area (Å²) in [5.41, 5.74) is -0.921. The van der Waals surface area contributed by atoms with E-state index in [9.17, 15) is 4.79 Å². The number of carbonyl (C=O) groups is 1. The quantitative estimate of drug-likeness (QED) is 0.518. The van der Waals surface area contributed by atoms with Gasteiger partial charge in [0.1, 0.15) is 0 Å². The number of ether oxygens (including phenoxy) is 2. The summed E-state index contributed by atoms with van der Waals surface area (Å²) in [7, 11) is 0. The highest BCUT2D eigenvalue weighted by molar-refractivity contribution is 5.60. The molecular weight excluding hydrogens is 208 g/mol. The molecule has 16 heavy (non-hydrogen) atoms. The molecule has 0 aliphatic rings. The van der Waals surface area contributed by atoms with Gasteiger partial charge in [0.2, 0.25) is 5.72 Å². The second-order valence-corrected chi connectivity index (χ2v) is 3.79. The molecule has 0 aliphatic carbocycles. The molecule has 2 atom stereocenters. The van der Waals surface area contributed by atoms with Crippen LogP contribution in [0.2, 0.25) is 0 Å². The van der Waals surface area contributed by atoms with E-state index in [1.165, 1.54) is 0 Å². The van der Waals surface area contributed by atoms with Crippen LogP contribution in [0, 0.1) is 0 Å². The third-order valence-corrected chi connectivity index (χ3v) is 2.28. The van der Waals surface area contributed by atoms with Crippen molar-refractivity contribution in [3.05, 3.63) is 0 Å². The average molecular weight is 230 g/mol. The Bertz CT molecular complexity index is 243. The molecule has 0 aromatic rings. The standard InChI is InChI=1S/C11H22N2O3/c1-6-9(4)12-13-11(5,7-2)16-10(14)15-8-3/h9H,6-8H2,1-5H3. The van der Waals surface area contributed by atoms with Gasteiger partial charge in [0.25, 0.3) is 0 Å². The zero-order valence-electron chi connectivity index (χ0n) is 10.8. The van der Waals surface area contributed by atoms with Crippen molar-refractivity contribution < 1.29 is 14.3 Å². The molecule has 0 N–H and O–H groups in total. The summed E-state index contributed by atoms with van der Waals surface area (Å²) in [6, 6.07) is 0.136. The normalized spacial score (nSPS) is 16.8. The molecule has 0 amide bonds. The third-order valence-electron chi connectivity index (χ3n) is 2.28. The molecule has 2 unspecified atom stereocenters. The summed E-state index contributed by atoms with van der Waals surface area (Å²) < 4.78 is 9.81. The van der Waals surface area contributed by atoms with Crippen molar-refractivity contribution in [1.82, 2.24) is 0 Å². The molecule has 0 aromatic heterocycles. The van der Waals surface area contributed by atoms with E-state index in [4.69, 9.17) is 9.47 Å². The smallest absolute Gasteiger partial charge is 0.435 e. The number of hydrogen-bond donors (Lipinski definition) is 0. The second-order valence-electron chi connectivity index (χ2n) is 3.79. The maximum Gasteiger partial charge on any atom is 0.510 e. The molecule has 94 valence electrons. The second kappa shape index (κ2) is 7.19. The molecule has 5 heteroatoms. The van der Waals surface area contributed by atoms with E-state index in [-0.39, 0.29) is 6.04 Å². The first-order valence-corrected chi connectivity index (χ1v) is 5.75. The minimum absolute atomic E-state index is 0.136. The lowest BCUT2D eigenvalue weighted by molar-refractivity contribution is -0.0258. The van der Waals surface area contributed by atoms with Crippen LogP contribution in [0.5, 0.6) is 0 Å². The number of hydrogen-bond acceptors (Lipinski definition) is 5. The van der Waals surface area contributed by atoms with E-state index in [1.807, 2.05) is 20.8 Å². The Balaban J connectivity index is 4.41. The fourth-order valence-corrected chi connectivity index (χ4v) is 0.792. The lowest BCUT2D eigenvalue weighted by Crippen LogP contribution is -2.29. The van der Waals surface area contributed by atoms with Gasteiger partial charge in [0, 0.05) is 6.42 Å². The van der Waals surface area contributed by atoms with Crippen molar-refractivity contribution in [1.29, 1.82) is 0 Å². The highest BCUT2D eigenvalue weighted by atomic mass is 16.7. The van der Waals surface area contributed by atoms with Crippen LogP contribution < -0.4 is 0 Å². The maximum atomic E-state index is 11.2. The van der Waals surface area contributed by atoms with E-state index in [0.717, 1.165) is 6.42 Å². The van der Waals surface area contributed by atoms with Crippen LogP contribution in [0.3, 0.4) is 0 Å². The van der Waals surface area contributed by atoms with Gasteiger partial charge in [-0.2, -0.15) is 5.11 Å². The van der Waals surface area contributed by atoms with Gasteiger partial charge in [-0.3, -0.25) is 0 Å². The summed E-state index contributed by atoms with van der Waals surface area (Å²) in [5, 5.41) is 8.16. The van der Waals surface area contributed by atoms with E-state index in [2.05, 4.69) is 10.2 Å². The maximum absolute atomic E-state index is 11.2. The van der Waals surface area contributed by atoms with Gasteiger partial charge in [0.15, 0.2) is 0 Å². The predicted octanol–water partition coefficient (Wildman–Crippen LogP) is 3.54. The van der Waals surface area contributed by atoms with Gasteiger partial charge in [-0.05, 0) is 27.2 Å². The first kappa shape index (κ1) is 14.9. The molecular formula is C11H22N2O3. The lowest BCUT2D eigenvalue weighted by Gasteiger charge is -2.22. The minimum Gasteiger partial charge on any atom is -0.435 e. The van der Waals surface area contributed by atoms with Crippen LogP contribution >= 0.6 is 0 Å². The molecule has 0 bridgehead atoms. The summed E-state index contributed by atoms with van der Waals surface area (Å²) in [5.74, 6) is 0. The first-order valence-electron chi connectivity index (χ1n) is 5.75. The molecule has 5 nitrogen and oxygen atoms in total. The van der Waals surface area contributed by atoms with Crippen molar-refractivity contribution in [2.24, 2.45) is 10.2 Å². The monoisotopic (exact) mass is 230 g/mol. The molecule has 0 fully saturated rings. The minimum atomic E-state index is -0.921. The van der Waals surface area contributed by atoms with Gasteiger partial charge in [-0.1, -0.05) is 13.8 Å². The van der Waals surface area contributed by atoms with Gasteiger partial charge in [-0.15, -0.1) is 5.11 Å². The van der Waals surface area contributed by atoms with E-state index >= 15 is 0 Å². The number of azo groups is 1. The molecule has 0 saturated carbocycles. The summed E-state index contributed by atoms with van der Waals surface area (Å²) in [6.45, 7) is 9.61. The van der Waals surface area contributed by atoms with Gasteiger partial charge >= 0.3 is 6.16 Å². The Morgan fingerprint density at radius 3 is 2.44 bits per heavy atom. The average Bonchev–Trinajstić information content (AvgIpc) is 2.26. The molecule has 0 saturated heterocycles. The molecule has 0 radical (unpaired) electrons. The van der Waals surface area contributed by atoms with E-state index in [1.54, 1.807) is 13.8 Å². The van der Waals surface area contributed by atoms with Gasteiger partial charge in [-0.25, -0.2) is 4.79 Å². The van der Waals surface area contributed by atoms with Crippen molar-refractivity contribution in [3.8, 4) is 0 Å². The van der Waals surface area contributed by atoms with Crippen molar-refractivity contribution in [3.63, 3.8) is 0 Å². The Labute approximate surface area is 97.2 Å². The highest BCUT2D eigenvalue weighted by Gasteiger charge is 2.27.